The summed E-state index contributed by atoms with van der Waals surface area (Å²) in [6.07, 6.45) is 4.07. The van der Waals surface area contributed by atoms with E-state index in [0.29, 0.717) is 5.75 Å². The molecule has 0 bridgehead atoms. The number of nitrogens with zero attached hydrogens (tertiary/aromatic N) is 1. The Balaban J connectivity index is 1.85. The highest BCUT2D eigenvalue weighted by molar-refractivity contribution is 5.72. The summed E-state index contributed by atoms with van der Waals surface area (Å²) in [5.41, 5.74) is 0.819. The zero-order chi connectivity index (χ0) is 15.8. The molecule has 5 heteroatoms. The van der Waals surface area contributed by atoms with E-state index < -0.39 is 0 Å². The predicted molar refractivity (Wildman–Crippen MR) is 80.4 cm³/mol. The zero-order valence-corrected chi connectivity index (χ0v) is 12.8. The van der Waals surface area contributed by atoms with Gasteiger partial charge in [0.05, 0.1) is 12.5 Å². The number of carbonyl (C=O) groups is 1. The maximum absolute atomic E-state index is 12.0. The maximum atomic E-state index is 12.0. The third-order valence-electron chi connectivity index (χ3n) is 3.76. The molecule has 0 aromatic heterocycles. The van der Waals surface area contributed by atoms with Crippen molar-refractivity contribution in [1.82, 2.24) is 0 Å². The van der Waals surface area contributed by atoms with Crippen LogP contribution in [-0.2, 0) is 20.7 Å². The Morgan fingerprint density at radius 1 is 1.36 bits per heavy atom. The minimum atomic E-state index is -0.237. The standard InChI is InChI=1S/C17H21NO4/c1-20-14-5-3-7-16(12-14)22-17(19)11-13-4-2-6-15(10-13)21-9-8-18/h2,4,6,10,14,16H,3,5,7,9,11-12H2,1H3/t14-,16-/m1/s1. The molecule has 1 saturated carbocycles. The summed E-state index contributed by atoms with van der Waals surface area (Å²) in [5, 5.41) is 8.51. The Labute approximate surface area is 130 Å². The van der Waals surface area contributed by atoms with Gasteiger partial charge in [-0.1, -0.05) is 12.1 Å². The van der Waals surface area contributed by atoms with Crippen LogP contribution in [0.15, 0.2) is 24.3 Å². The van der Waals surface area contributed by atoms with Crippen LogP contribution in [0.1, 0.15) is 31.2 Å². The van der Waals surface area contributed by atoms with Crippen molar-refractivity contribution >= 4 is 5.97 Å². The minimum Gasteiger partial charge on any atom is -0.479 e. The molecule has 0 N–H and O–H groups in total. The number of ether oxygens (including phenoxy) is 3. The van der Waals surface area contributed by atoms with Crippen molar-refractivity contribution in [1.29, 1.82) is 5.26 Å². The molecule has 0 aliphatic heterocycles. The van der Waals surface area contributed by atoms with Crippen LogP contribution in [-0.4, -0.2) is 31.9 Å². The van der Waals surface area contributed by atoms with Gasteiger partial charge in [-0.2, -0.15) is 5.26 Å². The number of nitriles is 1. The SMILES string of the molecule is CO[C@@H]1CCC[C@@H](OC(=O)Cc2cccc(OCC#N)c2)C1. The molecule has 22 heavy (non-hydrogen) atoms. The Kier molecular flexibility index (Phi) is 6.23. The van der Waals surface area contributed by atoms with E-state index >= 15 is 0 Å². The maximum Gasteiger partial charge on any atom is 0.310 e. The quantitative estimate of drug-likeness (QED) is 0.756. The first-order chi connectivity index (χ1) is 10.7. The highest BCUT2D eigenvalue weighted by Crippen LogP contribution is 2.23. The first-order valence-electron chi connectivity index (χ1n) is 7.52. The van der Waals surface area contributed by atoms with E-state index in [1.807, 2.05) is 12.1 Å². The van der Waals surface area contributed by atoms with E-state index in [-0.39, 0.29) is 31.2 Å². The summed E-state index contributed by atoms with van der Waals surface area (Å²) >= 11 is 0. The molecule has 0 heterocycles. The van der Waals surface area contributed by atoms with E-state index in [1.165, 1.54) is 0 Å². The Bertz CT molecular complexity index is 538. The number of benzene rings is 1. The molecule has 118 valence electrons. The summed E-state index contributed by atoms with van der Waals surface area (Å²) in [6, 6.07) is 9.09. The van der Waals surface area contributed by atoms with Crippen molar-refractivity contribution in [3.63, 3.8) is 0 Å². The molecule has 0 saturated heterocycles. The highest BCUT2D eigenvalue weighted by atomic mass is 16.5. The van der Waals surface area contributed by atoms with Crippen LogP contribution in [0, 0.1) is 11.3 Å². The number of carbonyl (C=O) groups excluding carboxylic acids is 1. The first-order valence-corrected chi connectivity index (χ1v) is 7.52. The third-order valence-corrected chi connectivity index (χ3v) is 3.76. The molecule has 1 fully saturated rings. The molecular formula is C17H21NO4. The first kappa shape index (κ1) is 16.3. The van der Waals surface area contributed by atoms with Crippen molar-refractivity contribution in [2.75, 3.05) is 13.7 Å². The monoisotopic (exact) mass is 303 g/mol. The minimum absolute atomic E-state index is 0.00558. The molecule has 0 radical (unpaired) electrons. The second-order valence-corrected chi connectivity index (χ2v) is 5.41. The van der Waals surface area contributed by atoms with Crippen LogP contribution in [0.5, 0.6) is 5.75 Å². The summed E-state index contributed by atoms with van der Waals surface area (Å²) in [4.78, 5) is 12.0. The van der Waals surface area contributed by atoms with Crippen molar-refractivity contribution in [2.24, 2.45) is 0 Å². The van der Waals surface area contributed by atoms with Crippen LogP contribution >= 0.6 is 0 Å². The Morgan fingerprint density at radius 2 is 2.18 bits per heavy atom. The number of hydrogen-bond acceptors (Lipinski definition) is 5. The molecule has 1 aliphatic rings. The molecule has 2 rings (SSSR count). The van der Waals surface area contributed by atoms with Crippen LogP contribution in [0.3, 0.4) is 0 Å². The number of hydrogen-bond donors (Lipinski definition) is 0. The number of methoxy groups -OCH3 is 1. The predicted octanol–water partition coefficient (Wildman–Crippen LogP) is 2.63. The van der Waals surface area contributed by atoms with Crippen LogP contribution in [0.4, 0.5) is 0 Å². The second kappa shape index (κ2) is 8.40. The van der Waals surface area contributed by atoms with E-state index in [4.69, 9.17) is 19.5 Å². The van der Waals surface area contributed by atoms with Gasteiger partial charge in [0.25, 0.3) is 0 Å². The van der Waals surface area contributed by atoms with E-state index in [2.05, 4.69) is 0 Å². The average molecular weight is 303 g/mol. The highest BCUT2D eigenvalue weighted by Gasteiger charge is 2.24. The van der Waals surface area contributed by atoms with Gasteiger partial charge in [0.1, 0.15) is 17.9 Å². The molecule has 2 atom stereocenters. The second-order valence-electron chi connectivity index (χ2n) is 5.41. The van der Waals surface area contributed by atoms with Crippen molar-refractivity contribution < 1.29 is 19.0 Å². The molecule has 0 amide bonds. The summed E-state index contributed by atoms with van der Waals surface area (Å²) in [5.74, 6) is 0.350. The topological polar surface area (TPSA) is 68.6 Å². The fourth-order valence-corrected chi connectivity index (χ4v) is 2.68. The molecular weight excluding hydrogens is 282 g/mol. The van der Waals surface area contributed by atoms with Gasteiger partial charge in [0, 0.05) is 13.5 Å². The normalized spacial score (nSPS) is 20.9. The van der Waals surface area contributed by atoms with Gasteiger partial charge < -0.3 is 14.2 Å². The number of rotatable bonds is 6. The van der Waals surface area contributed by atoms with Gasteiger partial charge in [0.15, 0.2) is 6.61 Å². The van der Waals surface area contributed by atoms with E-state index in [0.717, 1.165) is 31.2 Å². The van der Waals surface area contributed by atoms with Gasteiger partial charge in [-0.15, -0.1) is 0 Å². The van der Waals surface area contributed by atoms with Crippen molar-refractivity contribution in [3.05, 3.63) is 29.8 Å². The van der Waals surface area contributed by atoms with Gasteiger partial charge in [-0.05, 0) is 37.0 Å². The molecule has 1 aromatic rings. The van der Waals surface area contributed by atoms with E-state index in [1.54, 1.807) is 25.3 Å². The Hall–Kier alpha value is -2.06. The molecule has 0 spiro atoms. The lowest BCUT2D eigenvalue weighted by Gasteiger charge is -2.27. The lowest BCUT2D eigenvalue weighted by atomic mass is 9.95. The van der Waals surface area contributed by atoms with Crippen LogP contribution in [0.25, 0.3) is 0 Å². The largest absolute Gasteiger partial charge is 0.479 e. The molecule has 1 aromatic carbocycles. The van der Waals surface area contributed by atoms with Gasteiger partial charge in [-0.25, -0.2) is 0 Å². The smallest absolute Gasteiger partial charge is 0.310 e. The number of esters is 1. The lowest BCUT2D eigenvalue weighted by molar-refractivity contribution is -0.151. The van der Waals surface area contributed by atoms with Crippen LogP contribution < -0.4 is 4.74 Å². The average Bonchev–Trinajstić information content (AvgIpc) is 2.53. The van der Waals surface area contributed by atoms with Gasteiger partial charge >= 0.3 is 5.97 Å². The van der Waals surface area contributed by atoms with Crippen LogP contribution in [0.2, 0.25) is 0 Å². The molecule has 0 unspecified atom stereocenters. The summed E-state index contributed by atoms with van der Waals surface area (Å²) < 4.78 is 16.1. The molecule has 1 aliphatic carbocycles. The van der Waals surface area contributed by atoms with Gasteiger partial charge in [-0.3, -0.25) is 4.79 Å². The fraction of sp³-hybridized carbons (Fsp3) is 0.529. The third kappa shape index (κ3) is 5.05. The van der Waals surface area contributed by atoms with Gasteiger partial charge in [0.2, 0.25) is 0 Å². The summed E-state index contributed by atoms with van der Waals surface area (Å²) in [7, 11) is 1.70. The fourth-order valence-electron chi connectivity index (χ4n) is 2.68. The van der Waals surface area contributed by atoms with E-state index in [9.17, 15) is 4.79 Å². The Morgan fingerprint density at radius 3 is 2.95 bits per heavy atom. The van der Waals surface area contributed by atoms with Crippen molar-refractivity contribution in [3.8, 4) is 11.8 Å². The lowest BCUT2D eigenvalue weighted by Crippen LogP contribution is -2.29. The molecule has 5 nitrogen and oxygen atoms in total. The summed E-state index contributed by atoms with van der Waals surface area (Å²) in [6.45, 7) is -0.00558. The zero-order valence-electron chi connectivity index (χ0n) is 12.8. The van der Waals surface area contributed by atoms with Crippen molar-refractivity contribution in [2.45, 2.75) is 44.3 Å².